The van der Waals surface area contributed by atoms with Gasteiger partial charge in [0.25, 0.3) is 0 Å². The summed E-state index contributed by atoms with van der Waals surface area (Å²) in [4.78, 5) is 0. The van der Waals surface area contributed by atoms with E-state index in [0.29, 0.717) is 6.61 Å². The van der Waals surface area contributed by atoms with Gasteiger partial charge in [-0.25, -0.2) is 0 Å². The van der Waals surface area contributed by atoms with Gasteiger partial charge in [0.2, 0.25) is 0 Å². The largest absolute Gasteiger partial charge is 0.490 e. The molecule has 0 heterocycles. The number of fused-ring (bicyclic) bond motifs is 2. The molecule has 2 aliphatic rings. The van der Waals surface area contributed by atoms with Gasteiger partial charge < -0.3 is 4.74 Å². The van der Waals surface area contributed by atoms with Crippen LogP contribution in [0.2, 0.25) is 0 Å². The zero-order valence-electron chi connectivity index (χ0n) is 17.0. The van der Waals surface area contributed by atoms with Crippen LogP contribution in [-0.4, -0.2) is 6.61 Å². The van der Waals surface area contributed by atoms with Crippen molar-refractivity contribution in [2.45, 2.75) is 64.7 Å². The maximum atomic E-state index is 5.79. The molecule has 4 atom stereocenters. The van der Waals surface area contributed by atoms with E-state index in [0.717, 1.165) is 29.4 Å². The predicted molar refractivity (Wildman–Crippen MR) is 115 cm³/mol. The molecule has 1 heteroatoms. The van der Waals surface area contributed by atoms with Crippen LogP contribution in [0.1, 0.15) is 70.3 Å². The summed E-state index contributed by atoms with van der Waals surface area (Å²) >= 11 is 0. The van der Waals surface area contributed by atoms with Crippen LogP contribution in [0.5, 0.6) is 5.75 Å². The fourth-order valence-electron chi connectivity index (χ4n) is 5.49. The second-order valence-corrected chi connectivity index (χ2v) is 8.77. The number of hydrogen-bond donors (Lipinski definition) is 0. The van der Waals surface area contributed by atoms with Gasteiger partial charge in [0, 0.05) is 0 Å². The molecular weight excluding hydrogens is 328 g/mol. The van der Waals surface area contributed by atoms with Gasteiger partial charge in [0.05, 0.1) is 0 Å². The molecule has 2 fully saturated rings. The van der Waals surface area contributed by atoms with Crippen molar-refractivity contribution in [2.75, 3.05) is 6.61 Å². The lowest BCUT2D eigenvalue weighted by Crippen LogP contribution is -2.30. The highest BCUT2D eigenvalue weighted by atomic mass is 16.5. The van der Waals surface area contributed by atoms with Crippen LogP contribution in [0.25, 0.3) is 10.8 Å². The second kappa shape index (κ2) is 8.50. The van der Waals surface area contributed by atoms with E-state index in [9.17, 15) is 0 Å². The Labute approximate surface area is 164 Å². The molecule has 2 saturated carbocycles. The highest BCUT2D eigenvalue weighted by Gasteiger charge is 2.35. The topological polar surface area (TPSA) is 9.23 Å². The van der Waals surface area contributed by atoms with E-state index in [1.54, 1.807) is 5.56 Å². The molecule has 0 N–H and O–H groups in total. The van der Waals surface area contributed by atoms with E-state index < -0.39 is 0 Å². The van der Waals surface area contributed by atoms with Crippen molar-refractivity contribution in [2.24, 2.45) is 17.8 Å². The van der Waals surface area contributed by atoms with Gasteiger partial charge in [-0.3, -0.25) is 0 Å². The molecule has 0 saturated heterocycles. The highest BCUT2D eigenvalue weighted by molar-refractivity contribution is 5.84. The Morgan fingerprint density at radius 1 is 0.926 bits per heavy atom. The third-order valence-corrected chi connectivity index (χ3v) is 7.19. The zero-order chi connectivity index (χ0) is 18.6. The number of ether oxygens (including phenoxy) is 1. The lowest BCUT2D eigenvalue weighted by atomic mass is 9.63. The van der Waals surface area contributed by atoms with Crippen molar-refractivity contribution in [3.8, 4) is 5.75 Å². The maximum absolute atomic E-state index is 5.79. The molecule has 2 aromatic carbocycles. The number of hydrogen-bond acceptors (Lipinski definition) is 1. The third kappa shape index (κ3) is 4.23. The minimum Gasteiger partial charge on any atom is -0.490 e. The minimum atomic E-state index is 0.642. The first-order chi connectivity index (χ1) is 13.3. The van der Waals surface area contributed by atoms with Crippen LogP contribution in [0, 0.1) is 17.8 Å². The molecule has 4 rings (SSSR count). The van der Waals surface area contributed by atoms with E-state index in [4.69, 9.17) is 4.74 Å². The van der Waals surface area contributed by atoms with Gasteiger partial charge in [0.1, 0.15) is 12.4 Å². The van der Waals surface area contributed by atoms with Crippen molar-refractivity contribution in [1.29, 1.82) is 0 Å². The summed E-state index contributed by atoms with van der Waals surface area (Å²) in [6.07, 6.45) is 14.1. The number of allylic oxidation sites excluding steroid dienone is 1. The quantitative estimate of drug-likeness (QED) is 0.500. The SMILES string of the molecule is C/C=C/COc1ccc2cc([C@@H]3CC[C@@H]4CC(CC)CCC4C3)ccc2c1. The number of rotatable bonds is 5. The Morgan fingerprint density at radius 3 is 2.56 bits per heavy atom. The minimum absolute atomic E-state index is 0.642. The monoisotopic (exact) mass is 362 g/mol. The van der Waals surface area contributed by atoms with Crippen molar-refractivity contribution < 1.29 is 4.74 Å². The summed E-state index contributed by atoms with van der Waals surface area (Å²) in [6, 6.07) is 13.6. The van der Waals surface area contributed by atoms with Gasteiger partial charge in [-0.15, -0.1) is 0 Å². The van der Waals surface area contributed by atoms with Gasteiger partial charge in [-0.2, -0.15) is 0 Å². The van der Waals surface area contributed by atoms with Crippen LogP contribution in [0.15, 0.2) is 48.6 Å². The van der Waals surface area contributed by atoms with Crippen molar-refractivity contribution in [1.82, 2.24) is 0 Å². The van der Waals surface area contributed by atoms with Gasteiger partial charge >= 0.3 is 0 Å². The Morgan fingerprint density at radius 2 is 1.70 bits per heavy atom. The van der Waals surface area contributed by atoms with Crippen LogP contribution < -0.4 is 4.74 Å². The second-order valence-electron chi connectivity index (χ2n) is 8.77. The first-order valence-electron chi connectivity index (χ1n) is 11.0. The summed E-state index contributed by atoms with van der Waals surface area (Å²) in [5.41, 5.74) is 1.56. The Balaban J connectivity index is 1.45. The Hall–Kier alpha value is -1.76. The summed E-state index contributed by atoms with van der Waals surface area (Å²) in [5, 5.41) is 2.64. The third-order valence-electron chi connectivity index (χ3n) is 7.19. The Bertz CT molecular complexity index is 790. The standard InChI is InChI=1S/C26H34O/c1-3-5-14-27-26-13-12-24-17-23(10-11-25(24)18-26)22-9-8-20-15-19(4-2)6-7-21(20)16-22/h3,5,10-13,17-22H,4,6-9,14-16H2,1-2H3/b5-3+/t19?,20-,21?,22-/m1/s1. The van der Waals surface area contributed by atoms with Crippen LogP contribution in [0.4, 0.5) is 0 Å². The fourth-order valence-corrected chi connectivity index (χ4v) is 5.49. The average molecular weight is 363 g/mol. The molecule has 0 radical (unpaired) electrons. The lowest BCUT2D eigenvalue weighted by Gasteiger charge is -2.42. The average Bonchev–Trinajstić information content (AvgIpc) is 2.72. The van der Waals surface area contributed by atoms with Crippen molar-refractivity contribution >= 4 is 10.8 Å². The molecule has 27 heavy (non-hydrogen) atoms. The summed E-state index contributed by atoms with van der Waals surface area (Å²) in [5.74, 6) is 4.72. The smallest absolute Gasteiger partial charge is 0.120 e. The van der Waals surface area contributed by atoms with Gasteiger partial charge in [-0.1, -0.05) is 56.2 Å². The summed E-state index contributed by atoms with van der Waals surface area (Å²) in [7, 11) is 0. The van der Waals surface area contributed by atoms with E-state index in [1.165, 1.54) is 55.7 Å². The van der Waals surface area contributed by atoms with E-state index in [2.05, 4.69) is 43.3 Å². The molecule has 0 bridgehead atoms. The summed E-state index contributed by atoms with van der Waals surface area (Å²) in [6.45, 7) is 5.04. The molecule has 0 aliphatic heterocycles. The Kier molecular flexibility index (Phi) is 5.86. The van der Waals surface area contributed by atoms with Crippen molar-refractivity contribution in [3.63, 3.8) is 0 Å². The molecule has 0 spiro atoms. The van der Waals surface area contributed by atoms with E-state index in [-0.39, 0.29) is 0 Å². The predicted octanol–water partition coefficient (Wildman–Crippen LogP) is 7.50. The summed E-state index contributed by atoms with van der Waals surface area (Å²) < 4.78 is 5.79. The molecule has 144 valence electrons. The van der Waals surface area contributed by atoms with Crippen LogP contribution in [-0.2, 0) is 0 Å². The highest BCUT2D eigenvalue weighted by Crippen LogP contribution is 2.48. The normalized spacial score (nSPS) is 28.4. The molecule has 2 aromatic rings. The maximum Gasteiger partial charge on any atom is 0.120 e. The first kappa shape index (κ1) is 18.6. The molecular formula is C26H34O. The van der Waals surface area contributed by atoms with Crippen LogP contribution >= 0.6 is 0 Å². The zero-order valence-corrected chi connectivity index (χ0v) is 17.0. The van der Waals surface area contributed by atoms with Crippen molar-refractivity contribution in [3.05, 3.63) is 54.1 Å². The number of benzene rings is 2. The van der Waals surface area contributed by atoms with E-state index in [1.807, 2.05) is 19.1 Å². The fraction of sp³-hybridized carbons (Fsp3) is 0.538. The van der Waals surface area contributed by atoms with Gasteiger partial charge in [0.15, 0.2) is 0 Å². The molecule has 0 amide bonds. The molecule has 0 aromatic heterocycles. The first-order valence-corrected chi connectivity index (χ1v) is 11.0. The van der Waals surface area contributed by atoms with Gasteiger partial charge in [-0.05, 0) is 91.2 Å². The van der Waals surface area contributed by atoms with E-state index >= 15 is 0 Å². The lowest BCUT2D eigenvalue weighted by molar-refractivity contribution is 0.116. The molecule has 2 aliphatic carbocycles. The molecule has 1 nitrogen and oxygen atoms in total. The molecule has 2 unspecified atom stereocenters. The van der Waals surface area contributed by atoms with Crippen LogP contribution in [0.3, 0.4) is 0 Å².